The molecular formula is C19H24O. The molecule has 0 aliphatic rings. The maximum atomic E-state index is 10.4. The van der Waals surface area contributed by atoms with E-state index in [1.165, 1.54) is 17.5 Å². The first-order valence-corrected chi connectivity index (χ1v) is 7.44. The number of phenolic OH excluding ortho intramolecular Hbond substituents is 1. The Balaban J connectivity index is 2.50. The second kappa shape index (κ2) is 6.13. The predicted molar refractivity (Wildman–Crippen MR) is 85.3 cm³/mol. The Hall–Kier alpha value is -1.76. The van der Waals surface area contributed by atoms with Gasteiger partial charge in [-0.3, -0.25) is 0 Å². The van der Waals surface area contributed by atoms with E-state index in [0.717, 1.165) is 18.4 Å². The van der Waals surface area contributed by atoms with Gasteiger partial charge in [0.2, 0.25) is 0 Å². The molecule has 1 N–H and O–H groups in total. The Kier molecular flexibility index (Phi) is 4.49. The van der Waals surface area contributed by atoms with E-state index in [4.69, 9.17) is 0 Å². The summed E-state index contributed by atoms with van der Waals surface area (Å²) >= 11 is 0. The largest absolute Gasteiger partial charge is 0.508 e. The van der Waals surface area contributed by atoms with Crippen molar-refractivity contribution in [2.45, 2.75) is 45.4 Å². The van der Waals surface area contributed by atoms with E-state index in [9.17, 15) is 5.11 Å². The van der Waals surface area contributed by atoms with Crippen LogP contribution in [0.1, 0.15) is 50.3 Å². The van der Waals surface area contributed by atoms with E-state index in [2.05, 4.69) is 51.1 Å². The molecule has 0 heterocycles. The zero-order chi connectivity index (χ0) is 14.6. The minimum absolute atomic E-state index is 0.185. The zero-order valence-corrected chi connectivity index (χ0v) is 12.7. The lowest BCUT2D eigenvalue weighted by Gasteiger charge is -2.29. The van der Waals surface area contributed by atoms with E-state index in [-0.39, 0.29) is 5.41 Å². The summed E-state index contributed by atoms with van der Waals surface area (Å²) in [6.45, 7) is 6.57. The third-order valence-corrected chi connectivity index (χ3v) is 4.05. The van der Waals surface area contributed by atoms with Gasteiger partial charge in [-0.1, -0.05) is 69.7 Å². The van der Waals surface area contributed by atoms with E-state index in [0.29, 0.717) is 5.75 Å². The van der Waals surface area contributed by atoms with Crippen LogP contribution in [0.3, 0.4) is 0 Å². The highest BCUT2D eigenvalue weighted by molar-refractivity contribution is 5.49. The molecule has 0 aliphatic carbocycles. The Morgan fingerprint density at radius 3 is 2.30 bits per heavy atom. The fourth-order valence-electron chi connectivity index (χ4n) is 2.88. The maximum absolute atomic E-state index is 10.4. The van der Waals surface area contributed by atoms with Gasteiger partial charge >= 0.3 is 0 Å². The predicted octanol–water partition coefficient (Wildman–Crippen LogP) is 5.06. The molecule has 2 rings (SSSR count). The molecule has 0 spiro atoms. The van der Waals surface area contributed by atoms with Gasteiger partial charge in [0, 0.05) is 11.0 Å². The molecule has 2 aromatic carbocycles. The molecule has 0 bridgehead atoms. The van der Waals surface area contributed by atoms with Crippen LogP contribution in [0, 0.1) is 0 Å². The first-order valence-electron chi connectivity index (χ1n) is 7.44. The van der Waals surface area contributed by atoms with Gasteiger partial charge in [-0.05, 0) is 30.0 Å². The van der Waals surface area contributed by atoms with Crippen LogP contribution in [-0.2, 0) is 11.8 Å². The number of unbranched alkanes of at least 4 members (excludes halogenated alkanes) is 1. The van der Waals surface area contributed by atoms with E-state index in [1.807, 2.05) is 12.1 Å². The second-order valence-electron chi connectivity index (χ2n) is 5.91. The van der Waals surface area contributed by atoms with Crippen molar-refractivity contribution in [1.82, 2.24) is 0 Å². The molecule has 0 saturated carbocycles. The van der Waals surface area contributed by atoms with Crippen molar-refractivity contribution in [3.63, 3.8) is 0 Å². The minimum atomic E-state index is -0.185. The van der Waals surface area contributed by atoms with Crippen molar-refractivity contribution in [3.05, 3.63) is 65.2 Å². The van der Waals surface area contributed by atoms with Gasteiger partial charge in [0.25, 0.3) is 0 Å². The first-order chi connectivity index (χ1) is 9.57. The number of hydrogen-bond acceptors (Lipinski definition) is 1. The number of rotatable bonds is 5. The highest BCUT2D eigenvalue weighted by atomic mass is 16.3. The van der Waals surface area contributed by atoms with E-state index < -0.39 is 0 Å². The van der Waals surface area contributed by atoms with Gasteiger partial charge in [-0.25, -0.2) is 0 Å². The zero-order valence-electron chi connectivity index (χ0n) is 12.7. The molecule has 0 aliphatic heterocycles. The normalized spacial score (nSPS) is 11.6. The lowest BCUT2D eigenvalue weighted by molar-refractivity contribution is 0.450. The highest BCUT2D eigenvalue weighted by Crippen LogP contribution is 2.39. The van der Waals surface area contributed by atoms with Crippen molar-refractivity contribution >= 4 is 0 Å². The van der Waals surface area contributed by atoms with Gasteiger partial charge in [0.1, 0.15) is 5.75 Å². The van der Waals surface area contributed by atoms with Crippen LogP contribution in [0.5, 0.6) is 5.75 Å². The van der Waals surface area contributed by atoms with Crippen LogP contribution in [0.4, 0.5) is 0 Å². The molecule has 2 aromatic rings. The van der Waals surface area contributed by atoms with Gasteiger partial charge in [0.15, 0.2) is 0 Å². The number of hydrogen-bond donors (Lipinski definition) is 1. The summed E-state index contributed by atoms with van der Waals surface area (Å²) in [7, 11) is 0. The highest BCUT2D eigenvalue weighted by Gasteiger charge is 2.28. The molecule has 0 saturated heterocycles. The van der Waals surface area contributed by atoms with Crippen LogP contribution in [0.25, 0.3) is 0 Å². The fourth-order valence-corrected chi connectivity index (χ4v) is 2.88. The summed E-state index contributed by atoms with van der Waals surface area (Å²) in [6, 6.07) is 16.3. The molecule has 0 radical (unpaired) electrons. The topological polar surface area (TPSA) is 20.2 Å². The molecule has 0 unspecified atom stereocenters. The fraction of sp³-hybridized carbons (Fsp3) is 0.368. The molecule has 0 atom stereocenters. The lowest BCUT2D eigenvalue weighted by Crippen LogP contribution is -2.21. The Morgan fingerprint density at radius 1 is 0.950 bits per heavy atom. The van der Waals surface area contributed by atoms with Crippen molar-refractivity contribution in [2.75, 3.05) is 0 Å². The second-order valence-corrected chi connectivity index (χ2v) is 5.91. The summed E-state index contributed by atoms with van der Waals surface area (Å²) in [4.78, 5) is 0. The molecular weight excluding hydrogens is 244 g/mol. The standard InChI is InChI=1S/C19H24O/c1-4-5-10-15-11-9-14-17(20)18(15)19(2,3)16-12-7-6-8-13-16/h6-9,11-14,20H,4-5,10H2,1-3H3. The molecule has 106 valence electrons. The van der Waals surface area contributed by atoms with Crippen molar-refractivity contribution < 1.29 is 5.11 Å². The summed E-state index contributed by atoms with van der Waals surface area (Å²) in [5, 5.41) is 10.4. The SMILES string of the molecule is CCCCc1cccc(O)c1C(C)(C)c1ccccc1. The smallest absolute Gasteiger partial charge is 0.119 e. The Labute approximate surface area is 122 Å². The van der Waals surface area contributed by atoms with E-state index in [1.54, 1.807) is 6.07 Å². The molecule has 0 fully saturated rings. The Bertz CT molecular complexity index is 555. The molecule has 0 aromatic heterocycles. The van der Waals surface area contributed by atoms with Crippen LogP contribution < -0.4 is 0 Å². The third-order valence-electron chi connectivity index (χ3n) is 4.05. The number of aryl methyl sites for hydroxylation is 1. The van der Waals surface area contributed by atoms with Crippen LogP contribution >= 0.6 is 0 Å². The van der Waals surface area contributed by atoms with Gasteiger partial charge in [-0.2, -0.15) is 0 Å². The Morgan fingerprint density at radius 2 is 1.65 bits per heavy atom. The number of phenols is 1. The maximum Gasteiger partial charge on any atom is 0.119 e. The number of benzene rings is 2. The summed E-state index contributed by atoms with van der Waals surface area (Å²) in [5.74, 6) is 0.410. The minimum Gasteiger partial charge on any atom is -0.508 e. The van der Waals surface area contributed by atoms with E-state index >= 15 is 0 Å². The van der Waals surface area contributed by atoms with Crippen LogP contribution in [-0.4, -0.2) is 5.11 Å². The monoisotopic (exact) mass is 268 g/mol. The van der Waals surface area contributed by atoms with Crippen LogP contribution in [0.15, 0.2) is 48.5 Å². The van der Waals surface area contributed by atoms with Crippen molar-refractivity contribution in [1.29, 1.82) is 0 Å². The average molecular weight is 268 g/mol. The van der Waals surface area contributed by atoms with Gasteiger partial charge in [0.05, 0.1) is 0 Å². The van der Waals surface area contributed by atoms with Crippen molar-refractivity contribution in [2.24, 2.45) is 0 Å². The van der Waals surface area contributed by atoms with Crippen molar-refractivity contribution in [3.8, 4) is 5.75 Å². The number of aromatic hydroxyl groups is 1. The quantitative estimate of drug-likeness (QED) is 0.803. The summed E-state index contributed by atoms with van der Waals surface area (Å²) < 4.78 is 0. The molecule has 1 heteroatoms. The lowest BCUT2D eigenvalue weighted by atomic mass is 9.75. The summed E-state index contributed by atoms with van der Waals surface area (Å²) in [6.07, 6.45) is 3.35. The van der Waals surface area contributed by atoms with Gasteiger partial charge in [-0.15, -0.1) is 0 Å². The van der Waals surface area contributed by atoms with Crippen LogP contribution in [0.2, 0.25) is 0 Å². The summed E-state index contributed by atoms with van der Waals surface area (Å²) in [5.41, 5.74) is 3.38. The molecule has 0 amide bonds. The first kappa shape index (κ1) is 14.6. The third kappa shape index (κ3) is 2.87. The molecule has 20 heavy (non-hydrogen) atoms. The molecule has 1 nitrogen and oxygen atoms in total. The van der Waals surface area contributed by atoms with Gasteiger partial charge < -0.3 is 5.11 Å². The average Bonchev–Trinajstić information content (AvgIpc) is 2.45.